The molecular formula is C14H29N3O3S. The molecule has 0 bridgehead atoms. The van der Waals surface area contributed by atoms with Gasteiger partial charge >= 0.3 is 0 Å². The van der Waals surface area contributed by atoms with Gasteiger partial charge in [-0.1, -0.05) is 33.1 Å². The van der Waals surface area contributed by atoms with Crippen molar-refractivity contribution in [1.82, 2.24) is 10.9 Å². The van der Waals surface area contributed by atoms with Crippen molar-refractivity contribution >= 4 is 23.6 Å². The summed E-state index contributed by atoms with van der Waals surface area (Å²) in [6.45, 7) is 4.14. The van der Waals surface area contributed by atoms with E-state index in [9.17, 15) is 14.7 Å². The minimum absolute atomic E-state index is 0.248. The highest BCUT2D eigenvalue weighted by atomic mass is 32.2. The third-order valence-corrected chi connectivity index (χ3v) is 3.99. The lowest BCUT2D eigenvalue weighted by Gasteiger charge is -2.18. The third kappa shape index (κ3) is 10.6. The molecule has 0 aliphatic carbocycles. The fourth-order valence-corrected chi connectivity index (χ4v) is 2.42. The van der Waals surface area contributed by atoms with E-state index in [0.29, 0.717) is 12.8 Å². The number of aliphatic hydroxyl groups is 1. The summed E-state index contributed by atoms with van der Waals surface area (Å²) in [7, 11) is 0. The number of nitrogens with two attached hydrogens (primary N) is 1. The van der Waals surface area contributed by atoms with E-state index in [-0.39, 0.29) is 5.91 Å². The van der Waals surface area contributed by atoms with Crippen molar-refractivity contribution in [2.24, 2.45) is 5.73 Å². The molecule has 6 nitrogen and oxygen atoms in total. The maximum Gasteiger partial charge on any atom is 0.268 e. The molecule has 0 radical (unpaired) electrons. The Morgan fingerprint density at radius 1 is 1.19 bits per heavy atom. The summed E-state index contributed by atoms with van der Waals surface area (Å²) in [6.07, 6.45) is 3.63. The van der Waals surface area contributed by atoms with Crippen LogP contribution in [0.4, 0.5) is 0 Å². The molecule has 0 aliphatic rings. The summed E-state index contributed by atoms with van der Waals surface area (Å²) in [6, 6.07) is -0.620. The molecule has 0 rings (SSSR count). The molecule has 124 valence electrons. The molecule has 0 saturated carbocycles. The molecule has 0 aliphatic heterocycles. The quantitative estimate of drug-likeness (QED) is 0.335. The second-order valence-electron chi connectivity index (χ2n) is 4.94. The Labute approximate surface area is 131 Å². The maximum absolute atomic E-state index is 11.6. The van der Waals surface area contributed by atoms with Gasteiger partial charge in [-0.15, -0.1) is 0 Å². The van der Waals surface area contributed by atoms with E-state index < -0.39 is 18.1 Å². The number of carbonyl (C=O) groups is 2. The highest BCUT2D eigenvalue weighted by Gasteiger charge is 2.22. The first-order chi connectivity index (χ1) is 10.0. The van der Waals surface area contributed by atoms with E-state index in [1.807, 2.05) is 6.92 Å². The summed E-state index contributed by atoms with van der Waals surface area (Å²) in [5.74, 6) is 0.863. The number of hydrogen-bond acceptors (Lipinski definition) is 5. The Balaban J connectivity index is 3.82. The SMILES string of the molecule is CCCCCCC(=O)NNC(=O)C(O)[C@H](N)CCSCC. The van der Waals surface area contributed by atoms with Crippen LogP contribution in [0.5, 0.6) is 0 Å². The Morgan fingerprint density at radius 2 is 1.90 bits per heavy atom. The number of hydrogen-bond donors (Lipinski definition) is 4. The third-order valence-electron chi connectivity index (χ3n) is 3.06. The minimum Gasteiger partial charge on any atom is -0.382 e. The average molecular weight is 319 g/mol. The number of carbonyl (C=O) groups excluding carboxylic acids is 2. The van der Waals surface area contributed by atoms with Crippen LogP contribution in [0.25, 0.3) is 0 Å². The lowest BCUT2D eigenvalue weighted by atomic mass is 10.1. The molecule has 0 aromatic heterocycles. The van der Waals surface area contributed by atoms with Crippen LogP contribution in [0.3, 0.4) is 0 Å². The first-order valence-electron chi connectivity index (χ1n) is 7.63. The van der Waals surface area contributed by atoms with Crippen LogP contribution in [-0.4, -0.2) is 40.6 Å². The fraction of sp³-hybridized carbons (Fsp3) is 0.857. The van der Waals surface area contributed by atoms with Crippen LogP contribution in [0.2, 0.25) is 0 Å². The second kappa shape index (κ2) is 12.9. The first kappa shape index (κ1) is 20.2. The maximum atomic E-state index is 11.6. The number of nitrogens with one attached hydrogen (secondary N) is 2. The molecule has 0 heterocycles. The zero-order valence-corrected chi connectivity index (χ0v) is 13.9. The number of thioether (sulfide) groups is 1. The minimum atomic E-state index is -1.30. The lowest BCUT2D eigenvalue weighted by Crippen LogP contribution is -2.52. The van der Waals surface area contributed by atoms with E-state index in [2.05, 4.69) is 17.8 Å². The fourth-order valence-electron chi connectivity index (χ4n) is 1.70. The van der Waals surface area contributed by atoms with Crippen molar-refractivity contribution < 1.29 is 14.7 Å². The zero-order valence-electron chi connectivity index (χ0n) is 13.1. The van der Waals surface area contributed by atoms with Gasteiger partial charge in [0.15, 0.2) is 0 Å². The smallest absolute Gasteiger partial charge is 0.268 e. The van der Waals surface area contributed by atoms with Gasteiger partial charge < -0.3 is 10.8 Å². The predicted octanol–water partition coefficient (Wildman–Crippen LogP) is 0.936. The van der Waals surface area contributed by atoms with Gasteiger partial charge in [0, 0.05) is 12.5 Å². The van der Waals surface area contributed by atoms with Gasteiger partial charge in [0.25, 0.3) is 5.91 Å². The van der Waals surface area contributed by atoms with Crippen molar-refractivity contribution in [1.29, 1.82) is 0 Å². The molecule has 7 heteroatoms. The molecule has 21 heavy (non-hydrogen) atoms. The Morgan fingerprint density at radius 3 is 2.52 bits per heavy atom. The van der Waals surface area contributed by atoms with E-state index in [4.69, 9.17) is 5.73 Å². The molecule has 0 spiro atoms. The van der Waals surface area contributed by atoms with Crippen molar-refractivity contribution in [3.8, 4) is 0 Å². The second-order valence-corrected chi connectivity index (χ2v) is 6.34. The molecule has 0 fully saturated rings. The summed E-state index contributed by atoms with van der Waals surface area (Å²) in [4.78, 5) is 23.1. The highest BCUT2D eigenvalue weighted by molar-refractivity contribution is 7.99. The van der Waals surface area contributed by atoms with E-state index in [1.165, 1.54) is 0 Å². The standard InChI is InChI=1S/C14H29N3O3S/c1-3-5-6-7-8-12(18)16-17-14(20)13(19)11(15)9-10-21-4-2/h11,13,19H,3-10,15H2,1-2H3,(H,16,18)(H,17,20)/t11-,13?/m1/s1. The van der Waals surface area contributed by atoms with Gasteiger partial charge in [0.2, 0.25) is 5.91 Å². The van der Waals surface area contributed by atoms with Gasteiger partial charge in [0.1, 0.15) is 6.10 Å². The molecular weight excluding hydrogens is 290 g/mol. The Kier molecular flexibility index (Phi) is 12.4. The summed E-state index contributed by atoms with van der Waals surface area (Å²) in [5, 5.41) is 9.75. The summed E-state index contributed by atoms with van der Waals surface area (Å²) in [5.41, 5.74) is 10.3. The summed E-state index contributed by atoms with van der Waals surface area (Å²) >= 11 is 1.70. The normalized spacial score (nSPS) is 13.5. The number of rotatable bonds is 11. The van der Waals surface area contributed by atoms with E-state index in [0.717, 1.165) is 37.2 Å². The highest BCUT2D eigenvalue weighted by Crippen LogP contribution is 2.05. The Hall–Kier alpha value is -0.790. The van der Waals surface area contributed by atoms with Crippen molar-refractivity contribution in [3.63, 3.8) is 0 Å². The Bertz CT molecular complexity index is 303. The lowest BCUT2D eigenvalue weighted by molar-refractivity contribution is -0.135. The van der Waals surface area contributed by atoms with Crippen LogP contribution in [0, 0.1) is 0 Å². The largest absolute Gasteiger partial charge is 0.382 e. The van der Waals surface area contributed by atoms with Crippen molar-refractivity contribution in [3.05, 3.63) is 0 Å². The van der Waals surface area contributed by atoms with Crippen molar-refractivity contribution in [2.45, 2.75) is 64.5 Å². The molecule has 0 saturated heterocycles. The molecule has 2 atom stereocenters. The summed E-state index contributed by atoms with van der Waals surface area (Å²) < 4.78 is 0. The predicted molar refractivity (Wildman–Crippen MR) is 86.6 cm³/mol. The number of aliphatic hydroxyl groups excluding tert-OH is 1. The molecule has 0 aromatic carbocycles. The first-order valence-corrected chi connectivity index (χ1v) is 8.78. The number of amides is 2. The van der Waals surface area contributed by atoms with Crippen LogP contribution in [0.15, 0.2) is 0 Å². The zero-order chi connectivity index (χ0) is 16.1. The van der Waals surface area contributed by atoms with Crippen LogP contribution < -0.4 is 16.6 Å². The number of unbranched alkanes of at least 4 members (excludes halogenated alkanes) is 3. The molecule has 0 aromatic rings. The van der Waals surface area contributed by atoms with Crippen LogP contribution in [0.1, 0.15) is 52.4 Å². The van der Waals surface area contributed by atoms with Gasteiger partial charge in [0.05, 0.1) is 0 Å². The molecule has 2 amide bonds. The molecule has 5 N–H and O–H groups in total. The number of hydrazine groups is 1. The average Bonchev–Trinajstić information content (AvgIpc) is 2.48. The van der Waals surface area contributed by atoms with Gasteiger partial charge in [-0.2, -0.15) is 11.8 Å². The van der Waals surface area contributed by atoms with Crippen LogP contribution >= 0.6 is 11.8 Å². The monoisotopic (exact) mass is 319 g/mol. The van der Waals surface area contributed by atoms with Crippen molar-refractivity contribution in [2.75, 3.05) is 11.5 Å². The topological polar surface area (TPSA) is 104 Å². The van der Waals surface area contributed by atoms with Crippen LogP contribution in [-0.2, 0) is 9.59 Å². The van der Waals surface area contributed by atoms with Gasteiger partial charge in [-0.05, 0) is 24.3 Å². The van der Waals surface area contributed by atoms with E-state index >= 15 is 0 Å². The molecule has 1 unspecified atom stereocenters. The van der Waals surface area contributed by atoms with E-state index in [1.54, 1.807) is 11.8 Å². The van der Waals surface area contributed by atoms with Gasteiger partial charge in [-0.3, -0.25) is 20.4 Å². The van der Waals surface area contributed by atoms with Gasteiger partial charge in [-0.25, -0.2) is 0 Å².